The van der Waals surface area contributed by atoms with Crippen molar-refractivity contribution in [3.8, 4) is 16.9 Å². The lowest BCUT2D eigenvalue weighted by atomic mass is 10.1. The van der Waals surface area contributed by atoms with E-state index in [1.54, 1.807) is 0 Å². The molecule has 0 N–H and O–H groups in total. The lowest BCUT2D eigenvalue weighted by Gasteiger charge is -2.12. The summed E-state index contributed by atoms with van der Waals surface area (Å²) in [6.45, 7) is 0. The third kappa shape index (κ3) is 2.31. The summed E-state index contributed by atoms with van der Waals surface area (Å²) >= 11 is 0. The average molecular weight is 320 g/mol. The van der Waals surface area contributed by atoms with Crippen LogP contribution in [-0.4, -0.2) is 9.55 Å². The highest BCUT2D eigenvalue weighted by Crippen LogP contribution is 2.30. The molecule has 0 spiro atoms. The zero-order chi connectivity index (χ0) is 16.6. The van der Waals surface area contributed by atoms with Crippen LogP contribution in [-0.2, 0) is 0 Å². The fraction of sp³-hybridized carbons (Fsp3) is 0. The standard InChI is InChI=1S/C23H16N2/c1-2-8-17(9-3-1)21-16-23(19-11-5-6-12-20(19)24-21)25-15-14-18-10-4-7-13-22(18)25/h1-16H. The highest BCUT2D eigenvalue weighted by Gasteiger charge is 2.10. The van der Waals surface area contributed by atoms with Crippen LogP contribution >= 0.6 is 0 Å². The van der Waals surface area contributed by atoms with E-state index in [1.807, 2.05) is 12.1 Å². The van der Waals surface area contributed by atoms with Crippen molar-refractivity contribution in [1.82, 2.24) is 9.55 Å². The number of para-hydroxylation sites is 2. The first-order valence-corrected chi connectivity index (χ1v) is 8.42. The molecule has 0 aliphatic rings. The maximum Gasteiger partial charge on any atom is 0.0730 e. The van der Waals surface area contributed by atoms with Crippen molar-refractivity contribution in [2.75, 3.05) is 0 Å². The predicted molar refractivity (Wildman–Crippen MR) is 104 cm³/mol. The average Bonchev–Trinajstić information content (AvgIpc) is 3.12. The Kier molecular flexibility index (Phi) is 3.14. The van der Waals surface area contributed by atoms with Gasteiger partial charge in [0.05, 0.1) is 22.4 Å². The van der Waals surface area contributed by atoms with Crippen molar-refractivity contribution >= 4 is 21.8 Å². The Labute approximate surface area is 146 Å². The Morgan fingerprint density at radius 1 is 0.680 bits per heavy atom. The quantitative estimate of drug-likeness (QED) is 0.399. The lowest BCUT2D eigenvalue weighted by molar-refractivity contribution is 1.14. The van der Waals surface area contributed by atoms with Crippen LogP contribution in [0.4, 0.5) is 0 Å². The summed E-state index contributed by atoms with van der Waals surface area (Å²) in [5, 5.41) is 2.40. The van der Waals surface area contributed by atoms with E-state index in [0.29, 0.717) is 0 Å². The Morgan fingerprint density at radius 3 is 2.36 bits per heavy atom. The molecule has 0 fully saturated rings. The van der Waals surface area contributed by atoms with Crippen LogP contribution in [0.15, 0.2) is 97.2 Å². The molecule has 0 unspecified atom stereocenters. The van der Waals surface area contributed by atoms with Gasteiger partial charge in [0, 0.05) is 17.1 Å². The minimum atomic E-state index is 0.993. The van der Waals surface area contributed by atoms with E-state index in [9.17, 15) is 0 Å². The summed E-state index contributed by atoms with van der Waals surface area (Å²) < 4.78 is 2.26. The Bertz CT molecular complexity index is 1190. The molecule has 2 nitrogen and oxygen atoms in total. The molecule has 0 atom stereocenters. The normalized spacial score (nSPS) is 11.2. The first-order chi connectivity index (χ1) is 12.4. The van der Waals surface area contributed by atoms with Gasteiger partial charge in [-0.1, -0.05) is 66.7 Å². The molecule has 0 saturated carbocycles. The summed E-state index contributed by atoms with van der Waals surface area (Å²) in [6.07, 6.45) is 2.14. The molecule has 2 heterocycles. The Hall–Kier alpha value is -3.39. The fourth-order valence-corrected chi connectivity index (χ4v) is 3.41. The molecule has 0 amide bonds. The van der Waals surface area contributed by atoms with Gasteiger partial charge in [-0.25, -0.2) is 4.98 Å². The monoisotopic (exact) mass is 320 g/mol. The van der Waals surface area contributed by atoms with E-state index in [1.165, 1.54) is 10.9 Å². The maximum atomic E-state index is 4.88. The first-order valence-electron chi connectivity index (χ1n) is 8.42. The summed E-state index contributed by atoms with van der Waals surface area (Å²) in [5.74, 6) is 0. The Balaban J connectivity index is 1.85. The van der Waals surface area contributed by atoms with Crippen LogP contribution in [0.5, 0.6) is 0 Å². The lowest BCUT2D eigenvalue weighted by Crippen LogP contribution is -1.96. The number of aromatic nitrogens is 2. The molecule has 5 rings (SSSR count). The van der Waals surface area contributed by atoms with Crippen molar-refractivity contribution in [2.45, 2.75) is 0 Å². The van der Waals surface area contributed by atoms with Crippen LogP contribution < -0.4 is 0 Å². The van der Waals surface area contributed by atoms with E-state index in [-0.39, 0.29) is 0 Å². The third-order valence-electron chi connectivity index (χ3n) is 4.62. The molecule has 0 saturated heterocycles. The van der Waals surface area contributed by atoms with E-state index in [4.69, 9.17) is 4.98 Å². The summed E-state index contributed by atoms with van der Waals surface area (Å²) in [6, 6.07) is 31.5. The highest BCUT2D eigenvalue weighted by atomic mass is 15.0. The smallest absolute Gasteiger partial charge is 0.0730 e. The third-order valence-corrected chi connectivity index (χ3v) is 4.62. The first kappa shape index (κ1) is 14.0. The van der Waals surface area contributed by atoms with Gasteiger partial charge in [-0.3, -0.25) is 0 Å². The highest BCUT2D eigenvalue weighted by molar-refractivity contribution is 5.93. The van der Waals surface area contributed by atoms with E-state index < -0.39 is 0 Å². The number of rotatable bonds is 2. The summed E-state index contributed by atoms with van der Waals surface area (Å²) in [5.41, 5.74) is 5.50. The summed E-state index contributed by atoms with van der Waals surface area (Å²) in [4.78, 5) is 4.88. The largest absolute Gasteiger partial charge is 0.316 e. The number of hydrogen-bond donors (Lipinski definition) is 0. The van der Waals surface area contributed by atoms with Gasteiger partial charge in [-0.15, -0.1) is 0 Å². The van der Waals surface area contributed by atoms with Gasteiger partial charge in [-0.05, 0) is 29.7 Å². The molecular formula is C23H16N2. The fourth-order valence-electron chi connectivity index (χ4n) is 3.41. The van der Waals surface area contributed by atoms with Gasteiger partial charge in [-0.2, -0.15) is 0 Å². The SMILES string of the molecule is c1ccc(-c2cc(-n3ccc4ccccc43)c3ccccc3n2)cc1. The van der Waals surface area contributed by atoms with Crippen LogP contribution in [0, 0.1) is 0 Å². The van der Waals surface area contributed by atoms with Gasteiger partial charge in [0.2, 0.25) is 0 Å². The molecule has 3 aromatic carbocycles. The van der Waals surface area contributed by atoms with Crippen LogP contribution in [0.2, 0.25) is 0 Å². The minimum Gasteiger partial charge on any atom is -0.316 e. The molecule has 0 aliphatic carbocycles. The molecule has 25 heavy (non-hydrogen) atoms. The minimum absolute atomic E-state index is 0.993. The van der Waals surface area contributed by atoms with Gasteiger partial charge >= 0.3 is 0 Å². The molecular weight excluding hydrogens is 304 g/mol. The van der Waals surface area contributed by atoms with Crippen molar-refractivity contribution in [1.29, 1.82) is 0 Å². The van der Waals surface area contributed by atoms with Gasteiger partial charge in [0.25, 0.3) is 0 Å². The zero-order valence-corrected chi connectivity index (χ0v) is 13.6. The van der Waals surface area contributed by atoms with Gasteiger partial charge in [0.1, 0.15) is 0 Å². The van der Waals surface area contributed by atoms with Crippen molar-refractivity contribution < 1.29 is 0 Å². The van der Waals surface area contributed by atoms with Crippen LogP contribution in [0.25, 0.3) is 38.8 Å². The molecule has 2 heteroatoms. The van der Waals surface area contributed by atoms with Crippen LogP contribution in [0.3, 0.4) is 0 Å². The molecule has 5 aromatic rings. The number of hydrogen-bond acceptors (Lipinski definition) is 1. The number of benzene rings is 3. The topological polar surface area (TPSA) is 17.8 Å². The van der Waals surface area contributed by atoms with E-state index >= 15 is 0 Å². The number of pyridine rings is 1. The van der Waals surface area contributed by atoms with Crippen molar-refractivity contribution in [3.63, 3.8) is 0 Å². The van der Waals surface area contributed by atoms with Crippen molar-refractivity contribution in [2.24, 2.45) is 0 Å². The molecule has 0 radical (unpaired) electrons. The Morgan fingerprint density at radius 2 is 1.44 bits per heavy atom. The van der Waals surface area contributed by atoms with Crippen molar-refractivity contribution in [3.05, 3.63) is 97.2 Å². The molecule has 0 bridgehead atoms. The number of fused-ring (bicyclic) bond motifs is 2. The molecule has 0 aliphatic heterocycles. The van der Waals surface area contributed by atoms with Crippen LogP contribution in [0.1, 0.15) is 0 Å². The van der Waals surface area contributed by atoms with Gasteiger partial charge in [0.15, 0.2) is 0 Å². The van der Waals surface area contributed by atoms with E-state index in [2.05, 4.69) is 89.6 Å². The van der Waals surface area contributed by atoms with E-state index in [0.717, 1.165) is 27.8 Å². The second-order valence-electron chi connectivity index (χ2n) is 6.15. The molecule has 118 valence electrons. The zero-order valence-electron chi connectivity index (χ0n) is 13.6. The summed E-state index contributed by atoms with van der Waals surface area (Å²) in [7, 11) is 0. The molecule has 2 aromatic heterocycles. The number of nitrogens with zero attached hydrogens (tertiary/aromatic N) is 2. The van der Waals surface area contributed by atoms with Gasteiger partial charge < -0.3 is 4.57 Å². The predicted octanol–water partition coefficient (Wildman–Crippen LogP) is 5.85. The second-order valence-corrected chi connectivity index (χ2v) is 6.15. The maximum absolute atomic E-state index is 4.88. The second kappa shape index (κ2) is 5.60.